The van der Waals surface area contributed by atoms with Gasteiger partial charge in [-0.15, -0.1) is 0 Å². The Morgan fingerprint density at radius 1 is 1.57 bits per heavy atom. The number of carbonyl (C=O) groups is 1. The molecule has 0 aliphatic heterocycles. The molecule has 0 aromatic carbocycles. The van der Waals surface area contributed by atoms with Crippen LogP contribution in [0.15, 0.2) is 11.6 Å². The van der Waals surface area contributed by atoms with Crippen molar-refractivity contribution in [2.45, 2.75) is 33.6 Å². The Morgan fingerprint density at radius 3 is 2.64 bits per heavy atom. The Bertz CT molecular complexity index is 249. The number of hydrogen-bond donors (Lipinski definition) is 0. The van der Waals surface area contributed by atoms with Crippen molar-refractivity contribution in [3.8, 4) is 6.07 Å². The van der Waals surface area contributed by atoms with E-state index in [9.17, 15) is 4.79 Å². The average molecular weight is 195 g/mol. The zero-order chi connectivity index (χ0) is 11.0. The third-order valence-electron chi connectivity index (χ3n) is 1.62. The van der Waals surface area contributed by atoms with Crippen molar-refractivity contribution in [2.24, 2.45) is 5.92 Å². The maximum Gasteiger partial charge on any atom is 0.309 e. The van der Waals surface area contributed by atoms with E-state index in [1.165, 1.54) is 6.08 Å². The third kappa shape index (κ3) is 6.24. The lowest BCUT2D eigenvalue weighted by molar-refractivity contribution is -0.142. The molecule has 0 aliphatic carbocycles. The van der Waals surface area contributed by atoms with Crippen molar-refractivity contribution in [3.05, 3.63) is 11.6 Å². The lowest BCUT2D eigenvalue weighted by Crippen LogP contribution is -2.06. The number of rotatable bonds is 5. The topological polar surface area (TPSA) is 50.1 Å². The molecule has 0 atom stereocenters. The van der Waals surface area contributed by atoms with Gasteiger partial charge in [-0.05, 0) is 24.8 Å². The quantitative estimate of drug-likeness (QED) is 0.500. The molecule has 78 valence electrons. The highest BCUT2D eigenvalue weighted by molar-refractivity contribution is 5.72. The van der Waals surface area contributed by atoms with Gasteiger partial charge in [-0.2, -0.15) is 5.26 Å². The van der Waals surface area contributed by atoms with Gasteiger partial charge in [0.05, 0.1) is 19.1 Å². The van der Waals surface area contributed by atoms with Crippen LogP contribution in [0, 0.1) is 17.2 Å². The highest BCUT2D eigenvalue weighted by atomic mass is 16.5. The van der Waals surface area contributed by atoms with E-state index >= 15 is 0 Å². The van der Waals surface area contributed by atoms with Crippen LogP contribution in [0.4, 0.5) is 0 Å². The van der Waals surface area contributed by atoms with Crippen LogP contribution in [-0.4, -0.2) is 12.6 Å². The molecule has 3 nitrogen and oxygen atoms in total. The molecular weight excluding hydrogens is 178 g/mol. The number of esters is 1. The molecule has 0 radical (unpaired) electrons. The summed E-state index contributed by atoms with van der Waals surface area (Å²) in [4.78, 5) is 11.1. The van der Waals surface area contributed by atoms with Gasteiger partial charge in [-0.1, -0.05) is 13.8 Å². The summed E-state index contributed by atoms with van der Waals surface area (Å²) in [7, 11) is 0. The summed E-state index contributed by atoms with van der Waals surface area (Å²) in [6, 6.07) is 1.95. The SMILES string of the molecule is CCOC(=O)CC(=CC#N)CC(C)C. The number of hydrogen-bond acceptors (Lipinski definition) is 3. The molecule has 0 saturated heterocycles. The molecule has 0 aliphatic rings. The summed E-state index contributed by atoms with van der Waals surface area (Å²) >= 11 is 0. The Balaban J connectivity index is 4.18. The average Bonchev–Trinajstić information content (AvgIpc) is 2.03. The smallest absolute Gasteiger partial charge is 0.309 e. The molecule has 0 N–H and O–H groups in total. The van der Waals surface area contributed by atoms with E-state index in [1.54, 1.807) is 6.92 Å². The zero-order valence-electron chi connectivity index (χ0n) is 9.04. The van der Waals surface area contributed by atoms with Gasteiger partial charge in [0.1, 0.15) is 0 Å². The van der Waals surface area contributed by atoms with Gasteiger partial charge < -0.3 is 4.74 Å². The van der Waals surface area contributed by atoms with Gasteiger partial charge in [0.2, 0.25) is 0 Å². The number of nitriles is 1. The van der Waals surface area contributed by atoms with Gasteiger partial charge in [0, 0.05) is 6.08 Å². The van der Waals surface area contributed by atoms with Crippen molar-refractivity contribution in [1.29, 1.82) is 5.26 Å². The minimum atomic E-state index is -0.255. The minimum absolute atomic E-state index is 0.236. The van der Waals surface area contributed by atoms with E-state index in [1.807, 2.05) is 6.07 Å². The fraction of sp³-hybridized carbons (Fsp3) is 0.636. The van der Waals surface area contributed by atoms with Crippen LogP contribution in [-0.2, 0) is 9.53 Å². The summed E-state index contributed by atoms with van der Waals surface area (Å²) in [6.45, 7) is 6.26. The Labute approximate surface area is 85.4 Å². The number of allylic oxidation sites excluding steroid dienone is 1. The van der Waals surface area contributed by atoms with E-state index in [4.69, 9.17) is 10.00 Å². The first kappa shape index (κ1) is 12.7. The first-order valence-electron chi connectivity index (χ1n) is 4.83. The van der Waals surface area contributed by atoms with Crippen LogP contribution < -0.4 is 0 Å². The lowest BCUT2D eigenvalue weighted by atomic mass is 10.0. The molecule has 14 heavy (non-hydrogen) atoms. The zero-order valence-corrected chi connectivity index (χ0v) is 9.04. The Morgan fingerprint density at radius 2 is 2.21 bits per heavy atom. The van der Waals surface area contributed by atoms with Gasteiger partial charge in [-0.25, -0.2) is 0 Å². The first-order valence-corrected chi connectivity index (χ1v) is 4.83. The molecule has 0 aromatic heterocycles. The van der Waals surface area contributed by atoms with E-state index in [0.29, 0.717) is 12.5 Å². The summed E-state index contributed by atoms with van der Waals surface area (Å²) in [6.07, 6.45) is 2.45. The Kier molecular flexibility index (Phi) is 6.47. The molecule has 3 heteroatoms. The van der Waals surface area contributed by atoms with E-state index in [0.717, 1.165) is 12.0 Å². The summed E-state index contributed by atoms with van der Waals surface area (Å²) < 4.78 is 4.81. The molecule has 0 aromatic rings. The van der Waals surface area contributed by atoms with Gasteiger partial charge in [-0.3, -0.25) is 4.79 Å². The lowest BCUT2D eigenvalue weighted by Gasteiger charge is -2.08. The maximum atomic E-state index is 11.1. The normalized spacial score (nSPS) is 11.2. The molecule has 0 unspecified atom stereocenters. The highest BCUT2D eigenvalue weighted by Crippen LogP contribution is 2.14. The molecular formula is C11H17NO2. The van der Waals surface area contributed by atoms with Crippen LogP contribution in [0.25, 0.3) is 0 Å². The minimum Gasteiger partial charge on any atom is -0.466 e. The van der Waals surface area contributed by atoms with Crippen LogP contribution in [0.3, 0.4) is 0 Å². The van der Waals surface area contributed by atoms with Crippen molar-refractivity contribution < 1.29 is 9.53 Å². The van der Waals surface area contributed by atoms with Gasteiger partial charge >= 0.3 is 5.97 Å². The molecule has 0 rings (SSSR count). The van der Waals surface area contributed by atoms with Crippen molar-refractivity contribution >= 4 is 5.97 Å². The molecule has 0 amide bonds. The van der Waals surface area contributed by atoms with Crippen LogP contribution in [0.1, 0.15) is 33.6 Å². The number of carbonyl (C=O) groups excluding carboxylic acids is 1. The predicted molar refractivity (Wildman–Crippen MR) is 54.4 cm³/mol. The van der Waals surface area contributed by atoms with Crippen LogP contribution in [0.2, 0.25) is 0 Å². The summed E-state index contributed by atoms with van der Waals surface area (Å²) in [5.41, 5.74) is 0.848. The highest BCUT2D eigenvalue weighted by Gasteiger charge is 2.08. The van der Waals surface area contributed by atoms with Crippen LogP contribution in [0.5, 0.6) is 0 Å². The first-order chi connectivity index (χ1) is 6.60. The number of nitrogens with zero attached hydrogens (tertiary/aromatic N) is 1. The molecule has 0 saturated carbocycles. The van der Waals surface area contributed by atoms with Gasteiger partial charge in [0.15, 0.2) is 0 Å². The van der Waals surface area contributed by atoms with Crippen molar-refractivity contribution in [2.75, 3.05) is 6.61 Å². The molecule has 0 spiro atoms. The summed E-state index contributed by atoms with van der Waals surface area (Å²) in [5.74, 6) is 0.193. The van der Waals surface area contributed by atoms with Crippen molar-refractivity contribution in [3.63, 3.8) is 0 Å². The van der Waals surface area contributed by atoms with Crippen molar-refractivity contribution in [1.82, 2.24) is 0 Å². The predicted octanol–water partition coefficient (Wildman–Crippen LogP) is 2.44. The molecule has 0 bridgehead atoms. The standard InChI is InChI=1S/C11H17NO2/c1-4-14-11(13)8-10(5-6-12)7-9(2)3/h5,9H,4,7-8H2,1-3H3. The maximum absolute atomic E-state index is 11.1. The van der Waals surface area contributed by atoms with Gasteiger partial charge in [0.25, 0.3) is 0 Å². The Hall–Kier alpha value is -1.30. The van der Waals surface area contributed by atoms with E-state index < -0.39 is 0 Å². The summed E-state index contributed by atoms with van der Waals surface area (Å²) in [5, 5.41) is 8.51. The second kappa shape index (κ2) is 7.14. The number of ether oxygens (including phenoxy) is 1. The fourth-order valence-electron chi connectivity index (χ4n) is 1.20. The second-order valence-corrected chi connectivity index (χ2v) is 3.51. The fourth-order valence-corrected chi connectivity index (χ4v) is 1.20. The third-order valence-corrected chi connectivity index (χ3v) is 1.62. The second-order valence-electron chi connectivity index (χ2n) is 3.51. The van der Waals surface area contributed by atoms with Crippen LogP contribution >= 0.6 is 0 Å². The van der Waals surface area contributed by atoms with E-state index in [2.05, 4.69) is 13.8 Å². The largest absolute Gasteiger partial charge is 0.466 e. The molecule has 0 heterocycles. The monoisotopic (exact) mass is 195 g/mol. The molecule has 0 fully saturated rings. The van der Waals surface area contributed by atoms with E-state index in [-0.39, 0.29) is 12.4 Å².